The zero-order valence-electron chi connectivity index (χ0n) is 10.1. The smallest absolute Gasteiger partial charge is 0.319 e. The third-order valence-corrected chi connectivity index (χ3v) is 2.62. The summed E-state index contributed by atoms with van der Waals surface area (Å²) in [6.45, 7) is 8.45. The molecule has 4 nitrogen and oxygen atoms in total. The first kappa shape index (κ1) is 12.5. The van der Waals surface area contributed by atoms with Crippen molar-refractivity contribution in [2.75, 3.05) is 6.54 Å². The van der Waals surface area contributed by atoms with Gasteiger partial charge in [0.05, 0.1) is 6.54 Å². The van der Waals surface area contributed by atoms with Crippen molar-refractivity contribution in [3.63, 3.8) is 0 Å². The molecule has 0 aliphatic carbocycles. The van der Waals surface area contributed by atoms with Crippen LogP contribution in [0, 0.1) is 0 Å². The van der Waals surface area contributed by atoms with Gasteiger partial charge in [-0.3, -0.25) is 4.79 Å². The number of hydrogen-bond acceptors (Lipinski definition) is 4. The van der Waals surface area contributed by atoms with Crippen LogP contribution in [0.2, 0.25) is 0 Å². The molecule has 1 fully saturated rings. The van der Waals surface area contributed by atoms with Crippen LogP contribution in [0.15, 0.2) is 0 Å². The van der Waals surface area contributed by atoms with Gasteiger partial charge < -0.3 is 15.8 Å². The molecule has 0 saturated carbocycles. The molecular weight excluding hydrogens is 192 g/mol. The zero-order valence-corrected chi connectivity index (χ0v) is 10.1. The van der Waals surface area contributed by atoms with Gasteiger partial charge in [0.2, 0.25) is 0 Å². The number of ether oxygens (including phenoxy) is 1. The lowest BCUT2D eigenvalue weighted by molar-refractivity contribution is -0.151. The van der Waals surface area contributed by atoms with Gasteiger partial charge in [0, 0.05) is 23.9 Å². The molecule has 88 valence electrons. The molecule has 0 bridgehead atoms. The standard InChI is InChI=1S/C11H22N2O2/c1-10(2)5-8(15-9(14)7-12)6-11(3,4)13-10/h8,13H,5-7,12H2,1-4H3. The highest BCUT2D eigenvalue weighted by Gasteiger charge is 2.39. The number of nitrogens with two attached hydrogens (primary N) is 1. The second kappa shape index (κ2) is 4.10. The molecule has 1 rings (SSSR count). The van der Waals surface area contributed by atoms with Crippen LogP contribution in [0.1, 0.15) is 40.5 Å². The second-order valence-corrected chi connectivity index (χ2v) is 5.62. The highest BCUT2D eigenvalue weighted by molar-refractivity contribution is 5.71. The first-order valence-corrected chi connectivity index (χ1v) is 5.43. The normalized spacial score (nSPS) is 24.9. The maximum absolute atomic E-state index is 11.1. The van der Waals surface area contributed by atoms with E-state index in [0.29, 0.717) is 0 Å². The van der Waals surface area contributed by atoms with Crippen molar-refractivity contribution in [2.45, 2.75) is 57.7 Å². The molecule has 0 radical (unpaired) electrons. The number of nitrogens with one attached hydrogen (secondary N) is 1. The number of rotatable bonds is 2. The lowest BCUT2D eigenvalue weighted by Crippen LogP contribution is -2.59. The first-order chi connectivity index (χ1) is 6.74. The van der Waals surface area contributed by atoms with Crippen molar-refractivity contribution in [2.24, 2.45) is 5.73 Å². The predicted molar refractivity (Wildman–Crippen MR) is 59.5 cm³/mol. The highest BCUT2D eigenvalue weighted by atomic mass is 16.5. The summed E-state index contributed by atoms with van der Waals surface area (Å²) in [5, 5.41) is 3.53. The zero-order chi connectivity index (χ0) is 11.7. The summed E-state index contributed by atoms with van der Waals surface area (Å²) in [5.41, 5.74) is 5.24. The van der Waals surface area contributed by atoms with Gasteiger partial charge >= 0.3 is 5.97 Å². The Hall–Kier alpha value is -0.610. The molecule has 1 aliphatic rings. The van der Waals surface area contributed by atoms with Crippen molar-refractivity contribution >= 4 is 5.97 Å². The quantitative estimate of drug-likeness (QED) is 0.667. The van der Waals surface area contributed by atoms with Gasteiger partial charge in [-0.2, -0.15) is 0 Å². The summed E-state index contributed by atoms with van der Waals surface area (Å²) < 4.78 is 5.31. The van der Waals surface area contributed by atoms with E-state index in [2.05, 4.69) is 33.0 Å². The summed E-state index contributed by atoms with van der Waals surface area (Å²) in [7, 11) is 0. The Labute approximate surface area is 91.5 Å². The average Bonchev–Trinajstić information content (AvgIpc) is 1.97. The molecule has 3 N–H and O–H groups in total. The fraction of sp³-hybridized carbons (Fsp3) is 0.909. The molecule has 1 heterocycles. The largest absolute Gasteiger partial charge is 0.461 e. The van der Waals surface area contributed by atoms with E-state index < -0.39 is 0 Å². The lowest BCUT2D eigenvalue weighted by Gasteiger charge is -2.45. The maximum atomic E-state index is 11.1. The summed E-state index contributed by atoms with van der Waals surface area (Å²) >= 11 is 0. The molecular formula is C11H22N2O2. The van der Waals surface area contributed by atoms with Gasteiger partial charge in [-0.05, 0) is 27.7 Å². The second-order valence-electron chi connectivity index (χ2n) is 5.62. The van der Waals surface area contributed by atoms with Crippen LogP contribution in [0.3, 0.4) is 0 Å². The SMILES string of the molecule is CC1(C)CC(OC(=O)CN)CC(C)(C)N1. The van der Waals surface area contributed by atoms with Crippen LogP contribution in [0.5, 0.6) is 0 Å². The molecule has 0 atom stereocenters. The van der Waals surface area contributed by atoms with Crippen LogP contribution >= 0.6 is 0 Å². The summed E-state index contributed by atoms with van der Waals surface area (Å²) in [5.74, 6) is -0.312. The molecule has 0 aromatic rings. The minimum Gasteiger partial charge on any atom is -0.461 e. The van der Waals surface area contributed by atoms with Gasteiger partial charge in [-0.1, -0.05) is 0 Å². The van der Waals surface area contributed by atoms with Gasteiger partial charge in [-0.25, -0.2) is 0 Å². The van der Waals surface area contributed by atoms with Gasteiger partial charge in [-0.15, -0.1) is 0 Å². The number of hydrogen-bond donors (Lipinski definition) is 2. The molecule has 1 aliphatic heterocycles. The van der Waals surface area contributed by atoms with Crippen molar-refractivity contribution < 1.29 is 9.53 Å². The van der Waals surface area contributed by atoms with E-state index in [1.807, 2.05) is 0 Å². The number of carbonyl (C=O) groups is 1. The Kier molecular flexibility index (Phi) is 3.41. The van der Waals surface area contributed by atoms with E-state index in [4.69, 9.17) is 10.5 Å². The Balaban J connectivity index is 2.63. The molecule has 0 aromatic heterocycles. The predicted octanol–water partition coefficient (Wildman–Crippen LogP) is 0.797. The van der Waals surface area contributed by atoms with Gasteiger partial charge in [0.15, 0.2) is 0 Å². The van der Waals surface area contributed by atoms with Crippen LogP contribution < -0.4 is 11.1 Å². The minimum atomic E-state index is -0.312. The van der Waals surface area contributed by atoms with E-state index in [1.165, 1.54) is 0 Å². The molecule has 0 spiro atoms. The average molecular weight is 214 g/mol. The molecule has 15 heavy (non-hydrogen) atoms. The highest BCUT2D eigenvalue weighted by Crippen LogP contribution is 2.30. The van der Waals surface area contributed by atoms with Crippen LogP contribution in [0.25, 0.3) is 0 Å². The van der Waals surface area contributed by atoms with E-state index in [-0.39, 0.29) is 29.7 Å². The first-order valence-electron chi connectivity index (χ1n) is 5.43. The monoisotopic (exact) mass is 214 g/mol. The summed E-state index contributed by atoms with van der Waals surface area (Å²) in [6.07, 6.45) is 1.65. The Bertz CT molecular complexity index is 233. The maximum Gasteiger partial charge on any atom is 0.319 e. The third-order valence-electron chi connectivity index (χ3n) is 2.62. The number of esters is 1. The topological polar surface area (TPSA) is 64.3 Å². The summed E-state index contributed by atoms with van der Waals surface area (Å²) in [6, 6.07) is 0. The molecule has 0 aromatic carbocycles. The van der Waals surface area contributed by atoms with Gasteiger partial charge in [0.1, 0.15) is 6.10 Å². The molecule has 1 saturated heterocycles. The Morgan fingerprint density at radius 1 is 1.33 bits per heavy atom. The Morgan fingerprint density at radius 2 is 1.80 bits per heavy atom. The third kappa shape index (κ3) is 3.80. The van der Waals surface area contributed by atoms with Crippen LogP contribution in [0.4, 0.5) is 0 Å². The van der Waals surface area contributed by atoms with Crippen molar-refractivity contribution in [3.05, 3.63) is 0 Å². The van der Waals surface area contributed by atoms with E-state index in [0.717, 1.165) is 12.8 Å². The molecule has 4 heteroatoms. The fourth-order valence-corrected chi connectivity index (χ4v) is 2.55. The van der Waals surface area contributed by atoms with Crippen LogP contribution in [-0.4, -0.2) is 29.7 Å². The van der Waals surface area contributed by atoms with E-state index in [9.17, 15) is 4.79 Å². The molecule has 0 unspecified atom stereocenters. The number of carbonyl (C=O) groups excluding carboxylic acids is 1. The number of piperidine rings is 1. The minimum absolute atomic E-state index is 0.00128. The van der Waals surface area contributed by atoms with Crippen molar-refractivity contribution in [1.29, 1.82) is 0 Å². The summed E-state index contributed by atoms with van der Waals surface area (Å²) in [4.78, 5) is 11.1. The van der Waals surface area contributed by atoms with Crippen molar-refractivity contribution in [3.8, 4) is 0 Å². The Morgan fingerprint density at radius 3 is 2.20 bits per heavy atom. The van der Waals surface area contributed by atoms with E-state index >= 15 is 0 Å². The molecule has 0 amide bonds. The fourth-order valence-electron chi connectivity index (χ4n) is 2.55. The van der Waals surface area contributed by atoms with Crippen LogP contribution in [-0.2, 0) is 9.53 Å². The van der Waals surface area contributed by atoms with Gasteiger partial charge in [0.25, 0.3) is 0 Å². The van der Waals surface area contributed by atoms with E-state index in [1.54, 1.807) is 0 Å². The lowest BCUT2D eigenvalue weighted by atomic mass is 9.81. The van der Waals surface area contributed by atoms with Crippen molar-refractivity contribution in [1.82, 2.24) is 5.32 Å².